The van der Waals surface area contributed by atoms with Gasteiger partial charge in [0.25, 0.3) is 5.69 Å². The molecule has 0 fully saturated rings. The van der Waals surface area contributed by atoms with Gasteiger partial charge in [-0.2, -0.15) is 0 Å². The highest BCUT2D eigenvalue weighted by molar-refractivity contribution is 9.09. The Balaban J connectivity index is 3.35. The first-order valence-corrected chi connectivity index (χ1v) is 5.10. The number of nitro benzene ring substituents is 1. The maximum atomic E-state index is 11.3. The number of nitro groups is 1. The van der Waals surface area contributed by atoms with Crippen molar-refractivity contribution in [2.24, 2.45) is 0 Å². The molecule has 4 nitrogen and oxygen atoms in total. The number of para-hydroxylation sites is 1. The number of Topliss-reactive ketones (excluding diaryl/α,β-unsaturated/α-hetero) is 1. The standard InChI is InChI=1S/C8H5BrClNO3/c9-4-7(12)5-2-1-3-6(10)8(5)11(13)14/h1-3H,4H2. The number of carbonyl (C=O) groups excluding carboxylic acids is 1. The summed E-state index contributed by atoms with van der Waals surface area (Å²) >= 11 is 8.56. The van der Waals surface area contributed by atoms with Crippen LogP contribution in [0.2, 0.25) is 5.02 Å². The average Bonchev–Trinajstić information content (AvgIpc) is 2.15. The SMILES string of the molecule is O=C(CBr)c1cccc(Cl)c1[N+](=O)[O-]. The Labute approximate surface area is 93.1 Å². The largest absolute Gasteiger partial charge is 0.298 e. The molecule has 0 aromatic heterocycles. The van der Waals surface area contributed by atoms with Crippen LogP contribution in [0.25, 0.3) is 0 Å². The van der Waals surface area contributed by atoms with E-state index in [0.29, 0.717) is 0 Å². The summed E-state index contributed by atoms with van der Waals surface area (Å²) in [6.07, 6.45) is 0. The van der Waals surface area contributed by atoms with Gasteiger partial charge < -0.3 is 0 Å². The molecule has 0 atom stereocenters. The number of carbonyl (C=O) groups is 1. The Morgan fingerprint density at radius 2 is 2.21 bits per heavy atom. The molecule has 0 unspecified atom stereocenters. The van der Waals surface area contributed by atoms with Crippen LogP contribution in [0.1, 0.15) is 10.4 Å². The summed E-state index contributed by atoms with van der Waals surface area (Å²) in [6, 6.07) is 4.27. The molecule has 0 saturated heterocycles. The third-order valence-electron chi connectivity index (χ3n) is 1.59. The highest BCUT2D eigenvalue weighted by Crippen LogP contribution is 2.28. The van der Waals surface area contributed by atoms with E-state index in [9.17, 15) is 14.9 Å². The van der Waals surface area contributed by atoms with Gasteiger partial charge in [0.1, 0.15) is 5.02 Å². The minimum Gasteiger partial charge on any atom is -0.293 e. The summed E-state index contributed by atoms with van der Waals surface area (Å²) in [6.45, 7) is 0. The lowest BCUT2D eigenvalue weighted by Gasteiger charge is -2.00. The molecule has 14 heavy (non-hydrogen) atoms. The molecule has 0 aliphatic rings. The van der Waals surface area contributed by atoms with Gasteiger partial charge in [-0.25, -0.2) is 0 Å². The number of halogens is 2. The Kier molecular flexibility index (Phi) is 3.60. The summed E-state index contributed by atoms with van der Waals surface area (Å²) in [5.41, 5.74) is -0.307. The van der Waals surface area contributed by atoms with Crippen LogP contribution in [-0.4, -0.2) is 16.0 Å². The fourth-order valence-electron chi connectivity index (χ4n) is 0.998. The van der Waals surface area contributed by atoms with Gasteiger partial charge >= 0.3 is 0 Å². The molecule has 0 radical (unpaired) electrons. The molecule has 0 aliphatic heterocycles. The predicted molar refractivity (Wildman–Crippen MR) is 56.2 cm³/mol. The Morgan fingerprint density at radius 3 is 2.71 bits per heavy atom. The fraction of sp³-hybridized carbons (Fsp3) is 0.125. The zero-order valence-electron chi connectivity index (χ0n) is 6.87. The van der Waals surface area contributed by atoms with Crippen molar-refractivity contribution in [1.82, 2.24) is 0 Å². The van der Waals surface area contributed by atoms with Crippen molar-refractivity contribution in [3.05, 3.63) is 38.9 Å². The van der Waals surface area contributed by atoms with E-state index < -0.39 is 4.92 Å². The molecule has 0 aliphatic carbocycles. The molecular formula is C8H5BrClNO3. The molecule has 0 saturated carbocycles. The second-order valence-electron chi connectivity index (χ2n) is 2.45. The first-order valence-electron chi connectivity index (χ1n) is 3.60. The summed E-state index contributed by atoms with van der Waals surface area (Å²) in [5, 5.41) is 10.6. The van der Waals surface area contributed by atoms with Crippen LogP contribution in [0.3, 0.4) is 0 Å². The van der Waals surface area contributed by atoms with Crippen LogP contribution in [-0.2, 0) is 0 Å². The number of ketones is 1. The number of hydrogen-bond acceptors (Lipinski definition) is 3. The van der Waals surface area contributed by atoms with Crippen LogP contribution in [0.5, 0.6) is 0 Å². The van der Waals surface area contributed by atoms with Gasteiger partial charge in [0.05, 0.1) is 15.8 Å². The minimum absolute atomic E-state index is 0.0261. The minimum atomic E-state index is -0.655. The van der Waals surface area contributed by atoms with Crippen molar-refractivity contribution in [1.29, 1.82) is 0 Å². The smallest absolute Gasteiger partial charge is 0.293 e. The van der Waals surface area contributed by atoms with Crippen molar-refractivity contribution in [2.75, 3.05) is 5.33 Å². The lowest BCUT2D eigenvalue weighted by atomic mass is 10.1. The van der Waals surface area contributed by atoms with Gasteiger partial charge in [0.15, 0.2) is 5.78 Å². The molecule has 0 spiro atoms. The molecule has 1 aromatic carbocycles. The highest BCUT2D eigenvalue weighted by Gasteiger charge is 2.22. The first-order chi connectivity index (χ1) is 6.57. The van der Waals surface area contributed by atoms with Crippen molar-refractivity contribution < 1.29 is 9.72 Å². The Bertz CT molecular complexity index is 394. The van der Waals surface area contributed by atoms with E-state index in [1.807, 2.05) is 0 Å². The van der Waals surface area contributed by atoms with Crippen LogP contribution in [0.4, 0.5) is 5.69 Å². The maximum absolute atomic E-state index is 11.3. The van der Waals surface area contributed by atoms with E-state index in [2.05, 4.69) is 15.9 Å². The predicted octanol–water partition coefficient (Wildman–Crippen LogP) is 2.83. The molecule has 1 aromatic rings. The van der Waals surface area contributed by atoms with Crippen molar-refractivity contribution in [3.8, 4) is 0 Å². The van der Waals surface area contributed by atoms with E-state index >= 15 is 0 Å². The summed E-state index contributed by atoms with van der Waals surface area (Å²) in [5.74, 6) is -0.362. The number of nitrogens with zero attached hydrogens (tertiary/aromatic N) is 1. The normalized spacial score (nSPS) is 9.86. The topological polar surface area (TPSA) is 60.2 Å². The summed E-state index contributed by atoms with van der Waals surface area (Å²) < 4.78 is 0. The third kappa shape index (κ3) is 2.10. The van der Waals surface area contributed by atoms with E-state index in [1.165, 1.54) is 18.2 Å². The van der Waals surface area contributed by atoms with Crippen molar-refractivity contribution in [2.45, 2.75) is 0 Å². The number of rotatable bonds is 3. The third-order valence-corrected chi connectivity index (χ3v) is 2.41. The van der Waals surface area contributed by atoms with Gasteiger partial charge in [-0.1, -0.05) is 33.6 Å². The lowest BCUT2D eigenvalue weighted by Crippen LogP contribution is -2.05. The summed E-state index contributed by atoms with van der Waals surface area (Å²) in [4.78, 5) is 21.2. The molecule has 6 heteroatoms. The maximum Gasteiger partial charge on any atom is 0.298 e. The molecule has 0 bridgehead atoms. The van der Waals surface area contributed by atoms with Crippen LogP contribution < -0.4 is 0 Å². The van der Waals surface area contributed by atoms with E-state index in [0.717, 1.165) is 0 Å². The zero-order valence-corrected chi connectivity index (χ0v) is 9.21. The summed E-state index contributed by atoms with van der Waals surface area (Å²) in [7, 11) is 0. The molecular weight excluding hydrogens is 273 g/mol. The van der Waals surface area contributed by atoms with E-state index in [4.69, 9.17) is 11.6 Å². The molecule has 0 heterocycles. The molecule has 1 rings (SSSR count). The van der Waals surface area contributed by atoms with Crippen LogP contribution >= 0.6 is 27.5 Å². The van der Waals surface area contributed by atoms with E-state index in [1.54, 1.807) is 0 Å². The average molecular weight is 278 g/mol. The second kappa shape index (κ2) is 4.52. The van der Waals surface area contributed by atoms with Gasteiger partial charge in [0, 0.05) is 0 Å². The molecule has 0 N–H and O–H groups in total. The van der Waals surface area contributed by atoms with Gasteiger partial charge in [-0.3, -0.25) is 14.9 Å². The first kappa shape index (κ1) is 11.1. The molecule has 0 amide bonds. The molecule has 74 valence electrons. The van der Waals surface area contributed by atoms with Gasteiger partial charge in [-0.05, 0) is 12.1 Å². The number of benzene rings is 1. The van der Waals surface area contributed by atoms with Crippen LogP contribution in [0, 0.1) is 10.1 Å². The Morgan fingerprint density at radius 1 is 1.57 bits per heavy atom. The van der Waals surface area contributed by atoms with Crippen molar-refractivity contribution >= 4 is 39.0 Å². The Hall–Kier alpha value is -0.940. The fourth-order valence-corrected chi connectivity index (χ4v) is 1.54. The van der Waals surface area contributed by atoms with Gasteiger partial charge in [0.2, 0.25) is 0 Å². The quantitative estimate of drug-likeness (QED) is 0.370. The highest BCUT2D eigenvalue weighted by atomic mass is 79.9. The van der Waals surface area contributed by atoms with Crippen LogP contribution in [0.15, 0.2) is 18.2 Å². The number of alkyl halides is 1. The van der Waals surface area contributed by atoms with E-state index in [-0.39, 0.29) is 27.4 Å². The lowest BCUT2D eigenvalue weighted by molar-refractivity contribution is -0.385. The van der Waals surface area contributed by atoms with Gasteiger partial charge in [-0.15, -0.1) is 0 Å². The number of hydrogen-bond donors (Lipinski definition) is 0. The second-order valence-corrected chi connectivity index (χ2v) is 3.42. The van der Waals surface area contributed by atoms with Crippen molar-refractivity contribution in [3.63, 3.8) is 0 Å². The monoisotopic (exact) mass is 277 g/mol. The zero-order chi connectivity index (χ0) is 10.7.